The minimum Gasteiger partial charge on any atom is -0.462 e. The monoisotopic (exact) mass is 1330 g/mol. The topological polar surface area (TPSA) is 318 Å². The molecule has 3 heterocycles. The van der Waals surface area contributed by atoms with Crippen LogP contribution in [-0.4, -0.2) is 177 Å². The van der Waals surface area contributed by atoms with E-state index in [9.17, 15) is 47.9 Å². The van der Waals surface area contributed by atoms with Crippen molar-refractivity contribution in [3.8, 4) is 0 Å². The molecule has 26 heteroatoms. The van der Waals surface area contributed by atoms with Crippen LogP contribution in [0.25, 0.3) is 0 Å². The van der Waals surface area contributed by atoms with Crippen molar-refractivity contribution in [1.82, 2.24) is 0 Å². The number of hydrogen-bond donors (Lipinski definition) is 0. The number of rotatable bonds is 22. The normalized spacial score (nSPS) is 40.1. The van der Waals surface area contributed by atoms with Gasteiger partial charge in [0.15, 0.2) is 67.7 Å². The third-order valence-electron chi connectivity index (χ3n) is 22.3. The third-order valence-corrected chi connectivity index (χ3v) is 22.3. The summed E-state index contributed by atoms with van der Waals surface area (Å²) in [5, 5.41) is 0. The second-order valence-electron chi connectivity index (χ2n) is 28.7. The predicted octanol–water partition coefficient (Wildman–Crippen LogP) is 7.35. The van der Waals surface area contributed by atoms with Crippen molar-refractivity contribution in [3.63, 3.8) is 0 Å². The van der Waals surface area contributed by atoms with Gasteiger partial charge < -0.3 is 75.8 Å². The highest BCUT2D eigenvalue weighted by molar-refractivity contribution is 5.70. The quantitative estimate of drug-likeness (QED) is 0.0442. The van der Waals surface area contributed by atoms with E-state index in [1.165, 1.54) is 27.7 Å². The van der Waals surface area contributed by atoms with E-state index in [0.717, 1.165) is 105 Å². The maximum atomic E-state index is 13.4. The highest BCUT2D eigenvalue weighted by atomic mass is 16.8. The van der Waals surface area contributed by atoms with Crippen LogP contribution in [0.4, 0.5) is 0 Å². The van der Waals surface area contributed by atoms with Crippen LogP contribution in [0.15, 0.2) is 11.6 Å². The molecule has 528 valence electrons. The molecule has 5 saturated carbocycles. The number of fused-ring (bicyclic) bond motifs is 2. The highest BCUT2D eigenvalue weighted by Crippen LogP contribution is 2.89. The zero-order chi connectivity index (χ0) is 69.5. The smallest absolute Gasteiger partial charge is 0.303 e. The summed E-state index contributed by atoms with van der Waals surface area (Å²) in [6, 6.07) is 0. The molecular formula is C68H100O26. The Labute approximate surface area is 550 Å². The van der Waals surface area contributed by atoms with Crippen molar-refractivity contribution < 1.29 is 124 Å². The van der Waals surface area contributed by atoms with Crippen LogP contribution in [0, 0.1) is 50.7 Å². The Kier molecular flexibility index (Phi) is 22.9. The Hall–Kier alpha value is -5.80. The third kappa shape index (κ3) is 15.2. The van der Waals surface area contributed by atoms with Crippen LogP contribution in [0.3, 0.4) is 0 Å². The first-order chi connectivity index (χ1) is 43.9. The summed E-state index contributed by atoms with van der Waals surface area (Å²) in [6.07, 6.45) is -11.8. The summed E-state index contributed by atoms with van der Waals surface area (Å²) >= 11 is 0. The molecule has 1 unspecified atom stereocenters. The number of hydrogen-bond acceptors (Lipinski definition) is 26. The molecule has 0 aromatic carbocycles. The Bertz CT molecular complexity index is 2890. The Morgan fingerprint density at radius 3 is 1.46 bits per heavy atom. The minimum absolute atomic E-state index is 0.0132. The molecule has 0 radical (unpaired) electrons. The van der Waals surface area contributed by atoms with Crippen LogP contribution in [0.5, 0.6) is 0 Å². The maximum absolute atomic E-state index is 13.4. The fourth-order valence-electron chi connectivity index (χ4n) is 18.5. The second kappa shape index (κ2) is 29.1. The lowest BCUT2D eigenvalue weighted by Crippen LogP contribution is -2.67. The first-order valence-electron chi connectivity index (χ1n) is 33.1. The summed E-state index contributed by atoms with van der Waals surface area (Å²) in [7, 11) is 0. The summed E-state index contributed by atoms with van der Waals surface area (Å²) in [5.41, 5.74) is 0.645. The molecular weight excluding hydrogens is 1230 g/mol. The maximum Gasteiger partial charge on any atom is 0.303 e. The van der Waals surface area contributed by atoms with E-state index in [-0.39, 0.29) is 58.1 Å². The summed E-state index contributed by atoms with van der Waals surface area (Å²) < 4.78 is 96.9. The SMILES string of the molecule is CC(=O)OC/C(C)=C\C[C@H](OC(C)=O)[C@@H](C)[C@H]1CC[C@@]2(C)[C@@H]3CCC4C(C)(C)[C@@H](O[C@@H]5O[C@H](C)[C@H](O[C@@H]6O[C@H](CO[C@@H]7O[C@H](C)[C@@H](OC(C)=O)[C@H](OC(C)=O)[C@H]7OC(C)=O)[C@@H](OC(C)=O)[C@H](OC(C)=O)[C@H]6OC(C)=O)[C@H](OC(C)=O)[C@H]5OC(C)=O)CC[C@@]45C[C@@]35CC[C@]12C. The zero-order valence-electron chi connectivity index (χ0n) is 57.8. The van der Waals surface area contributed by atoms with Crippen molar-refractivity contribution in [2.45, 2.75) is 293 Å². The van der Waals surface area contributed by atoms with Crippen molar-refractivity contribution in [2.75, 3.05) is 13.2 Å². The predicted molar refractivity (Wildman–Crippen MR) is 324 cm³/mol. The Morgan fingerprint density at radius 1 is 0.457 bits per heavy atom. The molecule has 8 rings (SSSR count). The van der Waals surface area contributed by atoms with E-state index in [0.29, 0.717) is 24.7 Å². The Balaban J connectivity index is 1.04. The van der Waals surface area contributed by atoms with Gasteiger partial charge in [0.2, 0.25) is 0 Å². The van der Waals surface area contributed by atoms with Gasteiger partial charge in [-0.15, -0.1) is 0 Å². The number of ether oxygens (including phenoxy) is 16. The van der Waals surface area contributed by atoms with E-state index in [1.807, 2.05) is 13.0 Å². The van der Waals surface area contributed by atoms with Gasteiger partial charge in [0.05, 0.1) is 24.9 Å². The molecule has 8 fully saturated rings. The molecule has 25 atom stereocenters. The molecule has 0 aromatic heterocycles. The van der Waals surface area contributed by atoms with E-state index in [1.54, 1.807) is 6.92 Å². The first kappa shape index (κ1) is 74.0. The van der Waals surface area contributed by atoms with E-state index in [2.05, 4.69) is 34.6 Å². The molecule has 0 aromatic rings. The van der Waals surface area contributed by atoms with Gasteiger partial charge >= 0.3 is 59.7 Å². The molecule has 5 aliphatic carbocycles. The number of carbonyl (C=O) groups excluding carboxylic acids is 10. The minimum atomic E-state index is -1.83. The molecule has 94 heavy (non-hydrogen) atoms. The van der Waals surface area contributed by atoms with Gasteiger partial charge in [0.1, 0.15) is 24.9 Å². The van der Waals surface area contributed by atoms with Gasteiger partial charge in [0, 0.05) is 75.7 Å². The van der Waals surface area contributed by atoms with Gasteiger partial charge in [-0.1, -0.05) is 40.7 Å². The molecule has 0 bridgehead atoms. The van der Waals surface area contributed by atoms with Crippen molar-refractivity contribution >= 4 is 59.7 Å². The fraction of sp³-hybridized carbons (Fsp3) is 0.824. The Morgan fingerprint density at radius 2 is 0.915 bits per heavy atom. The van der Waals surface area contributed by atoms with Crippen LogP contribution in [0.2, 0.25) is 0 Å². The first-order valence-corrected chi connectivity index (χ1v) is 33.1. The lowest BCUT2D eigenvalue weighted by atomic mass is 9.41. The van der Waals surface area contributed by atoms with Crippen molar-refractivity contribution in [2.24, 2.45) is 50.7 Å². The van der Waals surface area contributed by atoms with Crippen molar-refractivity contribution in [1.29, 1.82) is 0 Å². The highest BCUT2D eigenvalue weighted by Gasteiger charge is 2.82. The van der Waals surface area contributed by atoms with Crippen LogP contribution in [-0.2, 0) is 124 Å². The fourth-order valence-corrected chi connectivity index (χ4v) is 18.5. The van der Waals surface area contributed by atoms with E-state index >= 15 is 0 Å². The molecule has 3 aliphatic heterocycles. The van der Waals surface area contributed by atoms with Crippen LogP contribution in [0.1, 0.15) is 189 Å². The van der Waals surface area contributed by atoms with Crippen LogP contribution < -0.4 is 0 Å². The van der Waals surface area contributed by atoms with Crippen molar-refractivity contribution in [3.05, 3.63) is 11.6 Å². The largest absolute Gasteiger partial charge is 0.462 e. The van der Waals surface area contributed by atoms with Gasteiger partial charge in [-0.05, 0) is 135 Å². The molecule has 26 nitrogen and oxygen atoms in total. The summed E-state index contributed by atoms with van der Waals surface area (Å²) in [4.78, 5) is 127. The standard InChI is InChI=1S/C68H100O26/c1-32(29-79-36(5)69)19-20-47(83-37(6)70)33(2)46-23-25-66(18)50-22-21-49-64(15,16)51(24-26-67(49)31-68(50,67)28-27-65(46,66)17)93-62-59(90-44(13)77)56(87-41(10)74)53(35(4)82-62)94-63-60(91-45(14)78)57(88-42(11)75)54(85-39(8)72)48(92-63)30-80-61-58(89-43(12)76)55(86-40(9)73)52(34(3)81-61)84-38(7)71/h19,33-35,46-63H,20-31H2,1-18H3/b32-19-/t33-,34+,35+,46+,47-,48+,49?,50-,51-,52+,53-,54+,55-,56-,57-,58+,59+,60+,61+,62-,63-,65+,66-,67+,68-/m0/s1. The zero-order valence-corrected chi connectivity index (χ0v) is 57.8. The lowest BCUT2D eigenvalue weighted by Gasteiger charge is -2.63. The summed E-state index contributed by atoms with van der Waals surface area (Å²) in [6.45, 7) is 27.9. The summed E-state index contributed by atoms with van der Waals surface area (Å²) in [5.74, 6) is -6.36. The van der Waals surface area contributed by atoms with Gasteiger partial charge in [-0.3, -0.25) is 47.9 Å². The molecule has 0 N–H and O–H groups in total. The van der Waals surface area contributed by atoms with Gasteiger partial charge in [-0.25, -0.2) is 0 Å². The van der Waals surface area contributed by atoms with E-state index < -0.39 is 158 Å². The van der Waals surface area contributed by atoms with Gasteiger partial charge in [0.25, 0.3) is 0 Å². The lowest BCUT2D eigenvalue weighted by molar-refractivity contribution is -0.369. The van der Waals surface area contributed by atoms with Crippen LogP contribution >= 0.6 is 0 Å². The van der Waals surface area contributed by atoms with Gasteiger partial charge in [-0.2, -0.15) is 0 Å². The number of carbonyl (C=O) groups is 10. The average Bonchev–Trinajstić information content (AvgIpc) is 1.46. The number of esters is 10. The second-order valence-corrected chi connectivity index (χ2v) is 28.7. The molecule has 3 saturated heterocycles. The molecule has 8 aliphatic rings. The van der Waals surface area contributed by atoms with E-state index in [4.69, 9.17) is 75.8 Å². The molecule has 0 amide bonds. The molecule has 2 spiro atoms. The average molecular weight is 1330 g/mol.